The topological polar surface area (TPSA) is 12.0 Å². The van der Waals surface area contributed by atoms with Gasteiger partial charge in [-0.2, -0.15) is 0 Å². The Morgan fingerprint density at radius 3 is 2.15 bits per heavy atom. The standard InChI is InChI=1S/C12H23N/c1-5-12(8-6-7-9-12)11(13-4)10(2)3/h5,10-11,13H,1,6-9H2,2-4H3. The summed E-state index contributed by atoms with van der Waals surface area (Å²) < 4.78 is 0. The van der Waals surface area contributed by atoms with Crippen molar-refractivity contribution in [3.05, 3.63) is 12.7 Å². The van der Waals surface area contributed by atoms with E-state index in [0.717, 1.165) is 0 Å². The highest BCUT2D eigenvalue weighted by Crippen LogP contribution is 2.44. The van der Waals surface area contributed by atoms with Gasteiger partial charge in [0.1, 0.15) is 0 Å². The Labute approximate surface area is 82.6 Å². The van der Waals surface area contributed by atoms with Crippen LogP contribution in [0.3, 0.4) is 0 Å². The van der Waals surface area contributed by atoms with E-state index in [0.29, 0.717) is 17.4 Å². The van der Waals surface area contributed by atoms with Crippen LogP contribution in [0.4, 0.5) is 0 Å². The Bertz CT molecular complexity index is 166. The van der Waals surface area contributed by atoms with E-state index in [9.17, 15) is 0 Å². The maximum absolute atomic E-state index is 4.03. The molecule has 1 aliphatic rings. The van der Waals surface area contributed by atoms with Gasteiger partial charge in [0.25, 0.3) is 0 Å². The minimum Gasteiger partial charge on any atom is -0.316 e. The normalized spacial score (nSPS) is 23.4. The highest BCUT2D eigenvalue weighted by Gasteiger charge is 2.39. The van der Waals surface area contributed by atoms with Gasteiger partial charge in [-0.1, -0.05) is 32.8 Å². The molecule has 0 spiro atoms. The lowest BCUT2D eigenvalue weighted by Crippen LogP contribution is -2.44. The molecule has 0 aromatic carbocycles. The number of rotatable bonds is 4. The van der Waals surface area contributed by atoms with Crippen molar-refractivity contribution in [3.8, 4) is 0 Å². The Kier molecular flexibility index (Phi) is 3.55. The Balaban J connectivity index is 2.78. The highest BCUT2D eigenvalue weighted by atomic mass is 14.9. The molecule has 0 radical (unpaired) electrons. The molecule has 1 aliphatic carbocycles. The zero-order chi connectivity index (χ0) is 9.90. The predicted octanol–water partition coefficient (Wildman–Crippen LogP) is 2.98. The van der Waals surface area contributed by atoms with Crippen LogP contribution in [0.15, 0.2) is 12.7 Å². The molecule has 76 valence electrons. The van der Waals surface area contributed by atoms with E-state index in [-0.39, 0.29) is 0 Å². The van der Waals surface area contributed by atoms with E-state index in [1.165, 1.54) is 25.7 Å². The molecule has 1 nitrogen and oxygen atoms in total. The predicted molar refractivity (Wildman–Crippen MR) is 58.8 cm³/mol. The molecule has 0 bridgehead atoms. The van der Waals surface area contributed by atoms with Crippen molar-refractivity contribution in [2.24, 2.45) is 11.3 Å². The fourth-order valence-corrected chi connectivity index (χ4v) is 2.96. The summed E-state index contributed by atoms with van der Waals surface area (Å²) in [7, 11) is 2.08. The Morgan fingerprint density at radius 1 is 1.31 bits per heavy atom. The molecule has 0 aromatic rings. The molecule has 13 heavy (non-hydrogen) atoms. The molecule has 0 heterocycles. The summed E-state index contributed by atoms with van der Waals surface area (Å²) >= 11 is 0. The zero-order valence-corrected chi connectivity index (χ0v) is 9.27. The lowest BCUT2D eigenvalue weighted by atomic mass is 9.74. The Hall–Kier alpha value is -0.300. The van der Waals surface area contributed by atoms with E-state index in [2.05, 4.69) is 38.9 Å². The van der Waals surface area contributed by atoms with Gasteiger partial charge in [-0.25, -0.2) is 0 Å². The fraction of sp³-hybridized carbons (Fsp3) is 0.833. The monoisotopic (exact) mass is 181 g/mol. The van der Waals surface area contributed by atoms with E-state index in [1.54, 1.807) is 0 Å². The molecular weight excluding hydrogens is 158 g/mol. The summed E-state index contributed by atoms with van der Waals surface area (Å²) in [5, 5.41) is 3.46. The van der Waals surface area contributed by atoms with Crippen LogP contribution in [-0.2, 0) is 0 Å². The molecule has 1 N–H and O–H groups in total. The van der Waals surface area contributed by atoms with Gasteiger partial charge in [0.2, 0.25) is 0 Å². The molecule has 1 saturated carbocycles. The van der Waals surface area contributed by atoms with Crippen molar-refractivity contribution >= 4 is 0 Å². The first-order valence-electron chi connectivity index (χ1n) is 5.47. The smallest absolute Gasteiger partial charge is 0.0178 e. The Morgan fingerprint density at radius 2 is 1.85 bits per heavy atom. The van der Waals surface area contributed by atoms with Crippen LogP contribution in [0.25, 0.3) is 0 Å². The van der Waals surface area contributed by atoms with Crippen molar-refractivity contribution in [2.45, 2.75) is 45.6 Å². The fourth-order valence-electron chi connectivity index (χ4n) is 2.96. The summed E-state index contributed by atoms with van der Waals surface area (Å²) in [4.78, 5) is 0. The third-order valence-electron chi connectivity index (χ3n) is 3.54. The molecule has 0 aliphatic heterocycles. The second-order valence-electron chi connectivity index (χ2n) is 4.65. The number of hydrogen-bond acceptors (Lipinski definition) is 1. The highest BCUT2D eigenvalue weighted by molar-refractivity contribution is 5.05. The van der Waals surface area contributed by atoms with Crippen LogP contribution >= 0.6 is 0 Å². The summed E-state index contributed by atoms with van der Waals surface area (Å²) in [6.45, 7) is 8.62. The maximum Gasteiger partial charge on any atom is 0.0178 e. The van der Waals surface area contributed by atoms with Gasteiger partial charge in [0.15, 0.2) is 0 Å². The summed E-state index contributed by atoms with van der Waals surface area (Å²) in [5.74, 6) is 0.695. The van der Waals surface area contributed by atoms with E-state index in [1.807, 2.05) is 0 Å². The molecule has 1 atom stereocenters. The average molecular weight is 181 g/mol. The van der Waals surface area contributed by atoms with Crippen molar-refractivity contribution in [1.82, 2.24) is 5.32 Å². The molecule has 1 heteroatoms. The quantitative estimate of drug-likeness (QED) is 0.657. The summed E-state index contributed by atoms with van der Waals surface area (Å²) in [5.41, 5.74) is 0.378. The first kappa shape index (κ1) is 10.8. The maximum atomic E-state index is 4.03. The molecule has 1 fully saturated rings. The van der Waals surface area contributed by atoms with E-state index in [4.69, 9.17) is 0 Å². The van der Waals surface area contributed by atoms with Crippen molar-refractivity contribution < 1.29 is 0 Å². The summed E-state index contributed by atoms with van der Waals surface area (Å²) in [6, 6.07) is 0.604. The van der Waals surface area contributed by atoms with E-state index < -0.39 is 0 Å². The second kappa shape index (κ2) is 4.28. The van der Waals surface area contributed by atoms with Crippen LogP contribution in [0, 0.1) is 11.3 Å². The number of nitrogens with one attached hydrogen (secondary N) is 1. The lowest BCUT2D eigenvalue weighted by molar-refractivity contribution is 0.219. The average Bonchev–Trinajstić information content (AvgIpc) is 2.55. The van der Waals surface area contributed by atoms with Gasteiger partial charge >= 0.3 is 0 Å². The SMILES string of the molecule is C=CC1(C(NC)C(C)C)CCCC1. The van der Waals surface area contributed by atoms with Gasteiger partial charge < -0.3 is 5.32 Å². The van der Waals surface area contributed by atoms with Gasteiger partial charge in [0.05, 0.1) is 0 Å². The van der Waals surface area contributed by atoms with Gasteiger partial charge in [-0.05, 0) is 25.8 Å². The molecule has 0 amide bonds. The lowest BCUT2D eigenvalue weighted by Gasteiger charge is -2.37. The van der Waals surface area contributed by atoms with Crippen LogP contribution in [0.1, 0.15) is 39.5 Å². The van der Waals surface area contributed by atoms with Crippen LogP contribution in [-0.4, -0.2) is 13.1 Å². The van der Waals surface area contributed by atoms with Gasteiger partial charge in [0, 0.05) is 11.5 Å². The minimum absolute atomic E-state index is 0.378. The third kappa shape index (κ3) is 1.96. The molecule has 0 saturated heterocycles. The minimum atomic E-state index is 0.378. The molecule has 1 rings (SSSR count). The van der Waals surface area contributed by atoms with Gasteiger partial charge in [-0.15, -0.1) is 6.58 Å². The molecular formula is C12H23N. The number of hydrogen-bond donors (Lipinski definition) is 1. The third-order valence-corrected chi connectivity index (χ3v) is 3.54. The van der Waals surface area contributed by atoms with Gasteiger partial charge in [-0.3, -0.25) is 0 Å². The largest absolute Gasteiger partial charge is 0.316 e. The summed E-state index contributed by atoms with van der Waals surface area (Å²) in [6.07, 6.45) is 7.58. The molecule has 1 unspecified atom stereocenters. The zero-order valence-electron chi connectivity index (χ0n) is 9.27. The van der Waals surface area contributed by atoms with Crippen molar-refractivity contribution in [3.63, 3.8) is 0 Å². The van der Waals surface area contributed by atoms with Crippen LogP contribution in [0.5, 0.6) is 0 Å². The molecule has 0 aromatic heterocycles. The van der Waals surface area contributed by atoms with Crippen molar-refractivity contribution in [2.75, 3.05) is 7.05 Å². The van der Waals surface area contributed by atoms with Crippen molar-refractivity contribution in [1.29, 1.82) is 0 Å². The van der Waals surface area contributed by atoms with E-state index >= 15 is 0 Å². The van der Waals surface area contributed by atoms with Crippen LogP contribution < -0.4 is 5.32 Å². The second-order valence-corrected chi connectivity index (χ2v) is 4.65. The van der Waals surface area contributed by atoms with Crippen LogP contribution in [0.2, 0.25) is 0 Å². The first-order chi connectivity index (χ1) is 6.16. The first-order valence-corrected chi connectivity index (χ1v) is 5.47.